The molecule has 0 bridgehead atoms. The zero-order chi connectivity index (χ0) is 40.9. The highest BCUT2D eigenvalue weighted by atomic mass is 32.2. The predicted molar refractivity (Wildman–Crippen MR) is 222 cm³/mol. The number of hydrogen-bond donors (Lipinski definition) is 4. The van der Waals surface area contributed by atoms with Crippen LogP contribution >= 0.6 is 22.7 Å². The molecule has 4 aromatic rings. The maximum absolute atomic E-state index is 14.3. The van der Waals surface area contributed by atoms with Gasteiger partial charge in [0.25, 0.3) is 0 Å². The number of aromatic nitrogens is 2. The quantitative estimate of drug-likeness (QED) is 0.0897. The topological polar surface area (TPSA) is 173 Å². The fraction of sp³-hybridized carbons (Fsp3) is 0.575. The Morgan fingerprint density at radius 2 is 1.77 bits per heavy atom. The Morgan fingerprint density at radius 3 is 2.46 bits per heavy atom. The number of nitrogens with zero attached hydrogens (tertiary/aromatic N) is 3. The maximum Gasteiger partial charge on any atom is 0.407 e. The molecule has 0 saturated carbocycles. The molecule has 0 radical (unpaired) electrons. The fourth-order valence-corrected chi connectivity index (χ4v) is 10.3. The van der Waals surface area contributed by atoms with E-state index < -0.39 is 40.7 Å². The standard InChI is InChI=1S/C40H56N6O8S3/c1-23(2)16-41-33-20-52-38-37(33)35(21-53-38)54-40(48)45-32(14-27-8-10-29(11-9-27)51-19-28-22-55-26(7)43-28)34(47)18-46(17-24(3)4)57(49,50)30-12-13-31-36(15-30)56-39(44-31)42-25(5)6/h8-13,15,22-25,32-35,37-38,41,47H,14,16-21H2,1-7H3,(H,42,44)(H,45,48)/t32-,33-,34+,35-,37-,38+/m0/s1. The minimum Gasteiger partial charge on any atom is -0.487 e. The molecule has 2 aliphatic rings. The Bertz CT molecular complexity index is 2040. The zero-order valence-electron chi connectivity index (χ0n) is 33.6. The number of rotatable bonds is 19. The molecule has 4 heterocycles. The number of fused-ring (bicyclic) bond motifs is 2. The average molecular weight is 845 g/mol. The Balaban J connectivity index is 1.20. The number of alkyl carbamates (subject to hydrolysis) is 1. The third kappa shape index (κ3) is 11.4. The largest absolute Gasteiger partial charge is 0.487 e. The molecule has 14 nitrogen and oxygen atoms in total. The van der Waals surface area contributed by atoms with E-state index in [1.54, 1.807) is 29.5 Å². The predicted octanol–water partition coefficient (Wildman–Crippen LogP) is 5.79. The van der Waals surface area contributed by atoms with Crippen molar-refractivity contribution < 1.29 is 37.3 Å². The van der Waals surface area contributed by atoms with Gasteiger partial charge in [0, 0.05) is 30.6 Å². The molecule has 4 N–H and O–H groups in total. The summed E-state index contributed by atoms with van der Waals surface area (Å²) >= 11 is 2.95. The molecule has 57 heavy (non-hydrogen) atoms. The molecule has 6 atom stereocenters. The summed E-state index contributed by atoms with van der Waals surface area (Å²) in [6, 6.07) is 11.5. The van der Waals surface area contributed by atoms with Crippen LogP contribution in [0.25, 0.3) is 10.2 Å². The van der Waals surface area contributed by atoms with Gasteiger partial charge < -0.3 is 40.0 Å². The number of carbonyl (C=O) groups is 1. The van der Waals surface area contributed by atoms with Crippen LogP contribution in [0, 0.1) is 24.7 Å². The van der Waals surface area contributed by atoms with Crippen LogP contribution in [0.1, 0.15) is 57.8 Å². The molecule has 0 aliphatic carbocycles. The SMILES string of the molecule is Cc1nc(COc2ccc(C[C@H](NC(=O)O[C@H]3CO[C@H]4OC[C@H](NCC(C)C)[C@H]43)[C@H](O)CN(CC(C)C)S(=O)(=O)c3ccc4nc(NC(C)C)sc4c3)cc2)cs1. The van der Waals surface area contributed by atoms with Crippen LogP contribution < -0.4 is 20.7 Å². The van der Waals surface area contributed by atoms with E-state index in [9.17, 15) is 18.3 Å². The molecule has 2 aromatic heterocycles. The highest BCUT2D eigenvalue weighted by Crippen LogP contribution is 2.34. The first-order valence-corrected chi connectivity index (χ1v) is 22.7. The molecule has 6 rings (SSSR count). The van der Waals surface area contributed by atoms with E-state index in [1.165, 1.54) is 15.6 Å². The fourth-order valence-electron chi connectivity index (χ4n) is 6.95. The van der Waals surface area contributed by atoms with Crippen LogP contribution in [0.3, 0.4) is 0 Å². The number of aliphatic hydroxyl groups is 1. The molecule has 17 heteroatoms. The second kappa shape index (κ2) is 19.1. The van der Waals surface area contributed by atoms with Gasteiger partial charge in [-0.05, 0) is 81.5 Å². The molecule has 1 amide bonds. The van der Waals surface area contributed by atoms with Gasteiger partial charge in [0.2, 0.25) is 10.0 Å². The number of aryl methyl sites for hydroxylation is 1. The Labute approximate surface area is 343 Å². The first-order chi connectivity index (χ1) is 27.1. The number of anilines is 1. The first kappa shape index (κ1) is 43.2. The van der Waals surface area contributed by atoms with E-state index in [-0.39, 0.29) is 54.9 Å². The van der Waals surface area contributed by atoms with Crippen LogP contribution in [0.5, 0.6) is 5.75 Å². The van der Waals surface area contributed by atoms with Gasteiger partial charge in [-0.25, -0.2) is 23.2 Å². The number of thiazole rings is 2. The highest BCUT2D eigenvalue weighted by molar-refractivity contribution is 7.89. The van der Waals surface area contributed by atoms with Crippen molar-refractivity contribution in [3.8, 4) is 5.75 Å². The lowest BCUT2D eigenvalue weighted by atomic mass is 9.97. The molecule has 2 saturated heterocycles. The van der Waals surface area contributed by atoms with Gasteiger partial charge in [-0.1, -0.05) is 51.2 Å². The van der Waals surface area contributed by atoms with Gasteiger partial charge >= 0.3 is 6.09 Å². The number of nitrogens with one attached hydrogen (secondary N) is 3. The van der Waals surface area contributed by atoms with Crippen molar-refractivity contribution in [1.29, 1.82) is 0 Å². The molecule has 2 fully saturated rings. The summed E-state index contributed by atoms with van der Waals surface area (Å²) in [5.41, 5.74) is 2.33. The summed E-state index contributed by atoms with van der Waals surface area (Å²) < 4.78 is 54.3. The lowest BCUT2D eigenvalue weighted by molar-refractivity contribution is -0.0908. The lowest BCUT2D eigenvalue weighted by Crippen LogP contribution is -2.52. The number of sulfonamides is 1. The second-order valence-electron chi connectivity index (χ2n) is 15.9. The van der Waals surface area contributed by atoms with Gasteiger partial charge in [-0.3, -0.25) is 0 Å². The van der Waals surface area contributed by atoms with Gasteiger partial charge in [-0.15, -0.1) is 11.3 Å². The Morgan fingerprint density at radius 1 is 1.02 bits per heavy atom. The van der Waals surface area contributed by atoms with Gasteiger partial charge in [0.1, 0.15) is 18.5 Å². The van der Waals surface area contributed by atoms with Gasteiger partial charge in [0.05, 0.1) is 57.1 Å². The minimum atomic E-state index is -4.08. The van der Waals surface area contributed by atoms with Crippen LogP contribution in [0.4, 0.5) is 9.93 Å². The van der Waals surface area contributed by atoms with E-state index in [1.807, 2.05) is 64.3 Å². The summed E-state index contributed by atoms with van der Waals surface area (Å²) in [4.78, 5) is 22.8. The lowest BCUT2D eigenvalue weighted by Gasteiger charge is -2.31. The van der Waals surface area contributed by atoms with Crippen molar-refractivity contribution in [2.45, 2.75) is 103 Å². The monoisotopic (exact) mass is 844 g/mol. The average Bonchev–Trinajstić information content (AvgIpc) is 3.94. The number of amides is 1. The summed E-state index contributed by atoms with van der Waals surface area (Å²) in [6.45, 7) is 15.7. The normalized spacial score (nSPS) is 20.8. The maximum atomic E-state index is 14.3. The molecule has 312 valence electrons. The molecular formula is C40H56N6O8S3. The van der Waals surface area contributed by atoms with Crippen LogP contribution in [-0.4, -0.2) is 103 Å². The van der Waals surface area contributed by atoms with E-state index in [0.717, 1.165) is 27.5 Å². The van der Waals surface area contributed by atoms with E-state index >= 15 is 0 Å². The molecule has 0 spiro atoms. The van der Waals surface area contributed by atoms with E-state index in [4.69, 9.17) is 18.9 Å². The van der Waals surface area contributed by atoms with Gasteiger partial charge in [-0.2, -0.15) is 4.31 Å². The summed E-state index contributed by atoms with van der Waals surface area (Å²) in [7, 11) is -4.08. The van der Waals surface area contributed by atoms with Crippen molar-refractivity contribution >= 4 is 54.1 Å². The molecule has 2 aromatic carbocycles. The van der Waals surface area contributed by atoms with Crippen molar-refractivity contribution in [1.82, 2.24) is 24.9 Å². The summed E-state index contributed by atoms with van der Waals surface area (Å²) in [6.07, 6.45) is -2.92. The third-order valence-electron chi connectivity index (χ3n) is 9.69. The highest BCUT2D eigenvalue weighted by Gasteiger charge is 2.50. The Hall–Kier alpha value is -3.42. The number of aliphatic hydroxyl groups excluding tert-OH is 1. The molecule has 2 aliphatic heterocycles. The zero-order valence-corrected chi connectivity index (χ0v) is 36.1. The van der Waals surface area contributed by atoms with Gasteiger partial charge in [0.15, 0.2) is 11.4 Å². The van der Waals surface area contributed by atoms with Crippen LogP contribution in [-0.2, 0) is 37.3 Å². The summed E-state index contributed by atoms with van der Waals surface area (Å²) in [5.74, 6) is 0.814. The number of hydrogen-bond acceptors (Lipinski definition) is 14. The number of ether oxygens (including phenoxy) is 4. The first-order valence-electron chi connectivity index (χ1n) is 19.6. The third-order valence-corrected chi connectivity index (χ3v) is 13.3. The second-order valence-corrected chi connectivity index (χ2v) is 20.0. The van der Waals surface area contributed by atoms with Crippen molar-refractivity contribution in [3.05, 3.63) is 64.1 Å². The summed E-state index contributed by atoms with van der Waals surface area (Å²) in [5, 5.41) is 25.3. The molecule has 0 unspecified atom stereocenters. The van der Waals surface area contributed by atoms with Crippen LogP contribution in [0.15, 0.2) is 52.7 Å². The van der Waals surface area contributed by atoms with Crippen LogP contribution in [0.2, 0.25) is 0 Å². The molecular weight excluding hydrogens is 789 g/mol. The minimum absolute atomic E-state index is 0.0450. The van der Waals surface area contributed by atoms with E-state index in [0.29, 0.717) is 35.5 Å². The van der Waals surface area contributed by atoms with Crippen molar-refractivity contribution in [3.63, 3.8) is 0 Å². The number of benzene rings is 2. The van der Waals surface area contributed by atoms with Crippen molar-refractivity contribution in [2.24, 2.45) is 17.8 Å². The van der Waals surface area contributed by atoms with E-state index in [2.05, 4.69) is 39.8 Å². The van der Waals surface area contributed by atoms with Crippen molar-refractivity contribution in [2.75, 3.05) is 38.2 Å². The number of carbonyl (C=O) groups excluding carboxylic acids is 1. The Kier molecular flexibility index (Phi) is 14.5. The smallest absolute Gasteiger partial charge is 0.407 e.